The van der Waals surface area contributed by atoms with Crippen molar-refractivity contribution in [2.45, 2.75) is 57.4 Å². The maximum absolute atomic E-state index is 12.2. The molecule has 3 rings (SSSR count). The monoisotopic (exact) mass is 396 g/mol. The van der Waals surface area contributed by atoms with Gasteiger partial charge in [0.2, 0.25) is 22.7 Å². The van der Waals surface area contributed by atoms with Crippen LogP contribution in [0.15, 0.2) is 18.2 Å². The normalized spacial score (nSPS) is 17.4. The molecule has 1 aliphatic carbocycles. The Kier molecular flexibility index (Phi) is 6.46. The third kappa shape index (κ3) is 5.51. The van der Waals surface area contributed by atoms with E-state index in [4.69, 9.17) is 9.47 Å². The van der Waals surface area contributed by atoms with Crippen LogP contribution in [0.5, 0.6) is 11.5 Å². The summed E-state index contributed by atoms with van der Waals surface area (Å²) in [7, 11) is -3.46. The van der Waals surface area contributed by atoms with Crippen molar-refractivity contribution in [3.8, 4) is 11.5 Å². The Bertz CT molecular complexity index is 757. The SMILES string of the molecule is CS(=O)(=O)N(CCCC(=O)NC1CCCCCC1)c1ccc2c(c1)OCO2. The van der Waals surface area contributed by atoms with Crippen molar-refractivity contribution in [1.82, 2.24) is 5.32 Å². The van der Waals surface area contributed by atoms with E-state index in [1.807, 2.05) is 0 Å². The van der Waals surface area contributed by atoms with Crippen LogP contribution in [-0.2, 0) is 14.8 Å². The Balaban J connectivity index is 1.55. The summed E-state index contributed by atoms with van der Waals surface area (Å²) in [4.78, 5) is 12.2. The second kappa shape index (κ2) is 8.82. The van der Waals surface area contributed by atoms with Crippen molar-refractivity contribution in [2.75, 3.05) is 23.9 Å². The molecule has 2 aliphatic rings. The average Bonchev–Trinajstić information content (AvgIpc) is 2.93. The number of fused-ring (bicyclic) bond motifs is 1. The molecule has 0 saturated heterocycles. The highest BCUT2D eigenvalue weighted by Gasteiger charge is 2.22. The number of nitrogens with zero attached hydrogens (tertiary/aromatic N) is 1. The van der Waals surface area contributed by atoms with E-state index in [9.17, 15) is 13.2 Å². The number of carbonyl (C=O) groups excluding carboxylic acids is 1. The van der Waals surface area contributed by atoms with Gasteiger partial charge in [-0.1, -0.05) is 25.7 Å². The quantitative estimate of drug-likeness (QED) is 0.717. The minimum absolute atomic E-state index is 0.000961. The predicted molar refractivity (Wildman–Crippen MR) is 104 cm³/mol. The van der Waals surface area contributed by atoms with Crippen LogP contribution in [0.3, 0.4) is 0 Å². The first-order valence-corrected chi connectivity index (χ1v) is 11.4. The Morgan fingerprint density at radius 3 is 2.56 bits per heavy atom. The van der Waals surface area contributed by atoms with Gasteiger partial charge in [-0.3, -0.25) is 9.10 Å². The molecule has 150 valence electrons. The van der Waals surface area contributed by atoms with Crippen LogP contribution in [0, 0.1) is 0 Å². The highest BCUT2D eigenvalue weighted by atomic mass is 32.2. The molecule has 27 heavy (non-hydrogen) atoms. The molecule has 1 aromatic rings. The molecule has 1 saturated carbocycles. The van der Waals surface area contributed by atoms with E-state index in [-0.39, 0.29) is 25.3 Å². The number of rotatable bonds is 7. The van der Waals surface area contributed by atoms with Gasteiger partial charge in [0, 0.05) is 25.1 Å². The molecule has 0 atom stereocenters. The minimum atomic E-state index is -3.46. The highest BCUT2D eigenvalue weighted by Crippen LogP contribution is 2.36. The maximum atomic E-state index is 12.2. The molecule has 1 aromatic carbocycles. The number of hydrogen-bond acceptors (Lipinski definition) is 5. The van der Waals surface area contributed by atoms with E-state index in [2.05, 4.69) is 5.32 Å². The number of hydrogen-bond donors (Lipinski definition) is 1. The zero-order valence-electron chi connectivity index (χ0n) is 15.8. The summed E-state index contributed by atoms with van der Waals surface area (Å²) in [6.45, 7) is 0.384. The fraction of sp³-hybridized carbons (Fsp3) is 0.632. The zero-order valence-corrected chi connectivity index (χ0v) is 16.6. The second-order valence-electron chi connectivity index (χ2n) is 7.23. The molecule has 1 N–H and O–H groups in total. The average molecular weight is 397 g/mol. The van der Waals surface area contributed by atoms with Crippen molar-refractivity contribution in [3.05, 3.63) is 18.2 Å². The molecule has 1 amide bonds. The van der Waals surface area contributed by atoms with E-state index in [1.54, 1.807) is 18.2 Å². The first-order valence-electron chi connectivity index (χ1n) is 9.60. The van der Waals surface area contributed by atoms with Gasteiger partial charge in [0.1, 0.15) is 0 Å². The molecule has 0 aromatic heterocycles. The van der Waals surface area contributed by atoms with Gasteiger partial charge in [-0.15, -0.1) is 0 Å². The Morgan fingerprint density at radius 2 is 1.85 bits per heavy atom. The lowest BCUT2D eigenvalue weighted by atomic mass is 10.1. The number of carbonyl (C=O) groups is 1. The number of sulfonamides is 1. The van der Waals surface area contributed by atoms with Gasteiger partial charge in [0.05, 0.1) is 11.9 Å². The molecule has 0 radical (unpaired) electrons. The summed E-state index contributed by atoms with van der Waals surface area (Å²) in [6, 6.07) is 5.32. The summed E-state index contributed by atoms with van der Waals surface area (Å²) in [6.07, 6.45) is 8.83. The summed E-state index contributed by atoms with van der Waals surface area (Å²) < 4.78 is 36.3. The van der Waals surface area contributed by atoms with Crippen LogP contribution in [0.4, 0.5) is 5.69 Å². The summed E-state index contributed by atoms with van der Waals surface area (Å²) in [5.74, 6) is 1.14. The molecule has 1 fully saturated rings. The van der Waals surface area contributed by atoms with Gasteiger partial charge in [-0.25, -0.2) is 8.42 Å². The van der Waals surface area contributed by atoms with Gasteiger partial charge < -0.3 is 14.8 Å². The summed E-state index contributed by atoms with van der Waals surface area (Å²) >= 11 is 0. The van der Waals surface area contributed by atoms with E-state index in [0.717, 1.165) is 25.7 Å². The van der Waals surface area contributed by atoms with Gasteiger partial charge in [-0.2, -0.15) is 0 Å². The predicted octanol–water partition coefficient (Wildman–Crippen LogP) is 2.80. The van der Waals surface area contributed by atoms with E-state index in [0.29, 0.717) is 30.0 Å². The lowest BCUT2D eigenvalue weighted by Crippen LogP contribution is -2.35. The van der Waals surface area contributed by atoms with E-state index < -0.39 is 10.0 Å². The topological polar surface area (TPSA) is 84.9 Å². The first kappa shape index (κ1) is 19.8. The first-order chi connectivity index (χ1) is 12.9. The van der Waals surface area contributed by atoms with Crippen LogP contribution in [0.1, 0.15) is 51.4 Å². The number of anilines is 1. The fourth-order valence-corrected chi connectivity index (χ4v) is 4.59. The van der Waals surface area contributed by atoms with Gasteiger partial charge >= 0.3 is 0 Å². The van der Waals surface area contributed by atoms with Crippen LogP contribution in [0.2, 0.25) is 0 Å². The van der Waals surface area contributed by atoms with Crippen molar-refractivity contribution in [2.24, 2.45) is 0 Å². The summed E-state index contributed by atoms with van der Waals surface area (Å²) in [5, 5.41) is 3.10. The summed E-state index contributed by atoms with van der Waals surface area (Å²) in [5.41, 5.74) is 0.519. The number of ether oxygens (including phenoxy) is 2. The van der Waals surface area contributed by atoms with Crippen LogP contribution in [-0.4, -0.2) is 40.0 Å². The molecular formula is C19H28N2O5S. The highest BCUT2D eigenvalue weighted by molar-refractivity contribution is 7.92. The minimum Gasteiger partial charge on any atom is -0.454 e. The molecule has 8 heteroatoms. The van der Waals surface area contributed by atoms with Crippen molar-refractivity contribution in [3.63, 3.8) is 0 Å². The number of amides is 1. The van der Waals surface area contributed by atoms with E-state index in [1.165, 1.54) is 23.4 Å². The standard InChI is InChI=1S/C19H28N2O5S/c1-27(23,24)21(16-10-11-17-18(13-16)26-14-25-17)12-6-9-19(22)20-15-7-4-2-3-5-8-15/h10-11,13,15H,2-9,12,14H2,1H3,(H,20,22). The van der Waals surface area contributed by atoms with Crippen LogP contribution in [0.25, 0.3) is 0 Å². The van der Waals surface area contributed by atoms with Crippen molar-refractivity contribution < 1.29 is 22.7 Å². The Morgan fingerprint density at radius 1 is 1.15 bits per heavy atom. The molecule has 7 nitrogen and oxygen atoms in total. The Hall–Kier alpha value is -1.96. The van der Waals surface area contributed by atoms with Gasteiger partial charge in [-0.05, 0) is 31.4 Å². The Labute approximate surface area is 161 Å². The molecule has 0 spiro atoms. The third-order valence-electron chi connectivity index (χ3n) is 5.03. The zero-order chi connectivity index (χ0) is 19.3. The fourth-order valence-electron chi connectivity index (χ4n) is 3.63. The van der Waals surface area contributed by atoms with Crippen molar-refractivity contribution in [1.29, 1.82) is 0 Å². The van der Waals surface area contributed by atoms with Gasteiger partial charge in [0.15, 0.2) is 11.5 Å². The lowest BCUT2D eigenvalue weighted by molar-refractivity contribution is -0.121. The van der Waals surface area contributed by atoms with Crippen LogP contribution < -0.4 is 19.1 Å². The number of nitrogens with one attached hydrogen (secondary N) is 1. The maximum Gasteiger partial charge on any atom is 0.232 e. The smallest absolute Gasteiger partial charge is 0.232 e. The largest absolute Gasteiger partial charge is 0.454 e. The van der Waals surface area contributed by atoms with Crippen LogP contribution >= 0.6 is 0 Å². The number of benzene rings is 1. The third-order valence-corrected chi connectivity index (χ3v) is 6.22. The molecular weight excluding hydrogens is 368 g/mol. The van der Waals surface area contributed by atoms with E-state index >= 15 is 0 Å². The van der Waals surface area contributed by atoms with Crippen molar-refractivity contribution >= 4 is 21.6 Å². The molecule has 0 bridgehead atoms. The molecule has 1 aliphatic heterocycles. The second-order valence-corrected chi connectivity index (χ2v) is 9.14. The molecule has 1 heterocycles. The lowest BCUT2D eigenvalue weighted by Gasteiger charge is -2.23. The van der Waals surface area contributed by atoms with Gasteiger partial charge in [0.25, 0.3) is 0 Å². The molecule has 0 unspecified atom stereocenters.